The summed E-state index contributed by atoms with van der Waals surface area (Å²) in [7, 11) is 0. The van der Waals surface area contributed by atoms with E-state index in [-0.39, 0.29) is 47.1 Å². The summed E-state index contributed by atoms with van der Waals surface area (Å²) in [5.74, 6) is -1.15. The highest BCUT2D eigenvalue weighted by Gasteiger charge is 2.38. The Bertz CT molecular complexity index is 1030. The molecule has 3 aliphatic rings. The summed E-state index contributed by atoms with van der Waals surface area (Å²) in [5, 5.41) is 3.08. The molecule has 184 valence electrons. The van der Waals surface area contributed by atoms with Crippen molar-refractivity contribution < 1.29 is 14.4 Å². The molecule has 0 atom stereocenters. The molecule has 1 N–H and O–H groups in total. The van der Waals surface area contributed by atoms with E-state index in [1.165, 1.54) is 28.4 Å². The van der Waals surface area contributed by atoms with Crippen LogP contribution in [0.5, 0.6) is 0 Å². The molecule has 1 heterocycles. The van der Waals surface area contributed by atoms with Gasteiger partial charge in [0.2, 0.25) is 11.8 Å². The van der Waals surface area contributed by atoms with Gasteiger partial charge in [0.05, 0.1) is 0 Å². The molecule has 0 bridgehead atoms. The number of fused-ring (bicyclic) bond motifs is 1. The van der Waals surface area contributed by atoms with Gasteiger partial charge in [-0.25, -0.2) is 14.9 Å². The van der Waals surface area contributed by atoms with Crippen molar-refractivity contribution >= 4 is 23.5 Å². The van der Waals surface area contributed by atoms with Gasteiger partial charge in [0.1, 0.15) is 0 Å². The Kier molecular flexibility index (Phi) is 7.21. The lowest BCUT2D eigenvalue weighted by Gasteiger charge is -2.31. The van der Waals surface area contributed by atoms with Gasteiger partial charge >= 0.3 is 0 Å². The van der Waals surface area contributed by atoms with Crippen molar-refractivity contribution in [2.24, 2.45) is 11.8 Å². The minimum Gasteiger partial charge on any atom is -0.347 e. The van der Waals surface area contributed by atoms with Crippen LogP contribution >= 0.6 is 0 Å². The normalized spacial score (nSPS) is 19.2. The fraction of sp³-hybridized carbons (Fsp3) is 0.536. The smallest absolute Gasteiger partial charge is 0.274 e. The van der Waals surface area contributed by atoms with Crippen LogP contribution in [0.25, 0.3) is 0 Å². The van der Waals surface area contributed by atoms with Crippen LogP contribution in [-0.2, 0) is 22.4 Å². The third kappa shape index (κ3) is 5.14. The van der Waals surface area contributed by atoms with Crippen molar-refractivity contribution in [1.29, 1.82) is 0 Å². The average Bonchev–Trinajstić information content (AvgIpc) is 3.32. The summed E-state index contributed by atoms with van der Waals surface area (Å²) in [6, 6.07) is 8.14. The maximum atomic E-state index is 13.8. The number of carbonyl (C=O) groups excluding carboxylic acids is 3. The first-order chi connectivity index (χ1) is 17.1. The van der Waals surface area contributed by atoms with Crippen LogP contribution in [0, 0.1) is 11.8 Å². The number of amides is 3. The van der Waals surface area contributed by atoms with E-state index < -0.39 is 0 Å². The molecule has 0 spiro atoms. The molecule has 2 fully saturated rings. The van der Waals surface area contributed by atoms with Crippen molar-refractivity contribution in [2.75, 3.05) is 4.90 Å². The van der Waals surface area contributed by atoms with Crippen LogP contribution in [0.1, 0.15) is 85.8 Å². The molecule has 7 nitrogen and oxygen atoms in total. The first kappa shape index (κ1) is 23.6. The van der Waals surface area contributed by atoms with E-state index in [0.29, 0.717) is 0 Å². The first-order valence-corrected chi connectivity index (χ1v) is 13.2. The summed E-state index contributed by atoms with van der Waals surface area (Å²) in [6.07, 6.45) is 13.7. The predicted octanol–water partition coefficient (Wildman–Crippen LogP) is 4.39. The highest BCUT2D eigenvalue weighted by atomic mass is 16.2. The molecule has 2 aromatic rings. The Labute approximate surface area is 206 Å². The van der Waals surface area contributed by atoms with Crippen LogP contribution in [0.15, 0.2) is 36.7 Å². The molecule has 1 aromatic heterocycles. The third-order valence-corrected chi connectivity index (χ3v) is 7.84. The quantitative estimate of drug-likeness (QED) is 0.649. The van der Waals surface area contributed by atoms with Gasteiger partial charge < -0.3 is 5.32 Å². The molecule has 5 rings (SSSR count). The third-order valence-electron chi connectivity index (χ3n) is 7.84. The van der Waals surface area contributed by atoms with E-state index in [0.717, 1.165) is 77.0 Å². The number of hydrogen-bond donors (Lipinski definition) is 1. The lowest BCUT2D eigenvalue weighted by molar-refractivity contribution is -0.131. The van der Waals surface area contributed by atoms with Crippen molar-refractivity contribution in [3.63, 3.8) is 0 Å². The molecule has 0 aliphatic heterocycles. The van der Waals surface area contributed by atoms with Gasteiger partial charge in [-0.2, -0.15) is 0 Å². The summed E-state index contributed by atoms with van der Waals surface area (Å²) in [5.41, 5.74) is 2.52. The molecule has 0 unspecified atom stereocenters. The van der Waals surface area contributed by atoms with Gasteiger partial charge in [0.15, 0.2) is 11.5 Å². The zero-order chi connectivity index (χ0) is 24.2. The highest BCUT2D eigenvalue weighted by molar-refractivity contribution is 6.18. The number of nitrogens with one attached hydrogen (secondary N) is 1. The number of hydrogen-bond acceptors (Lipinski definition) is 5. The minimum absolute atomic E-state index is 0.0497. The minimum atomic E-state index is -0.385. The number of rotatable bonds is 5. The van der Waals surface area contributed by atoms with E-state index in [1.54, 1.807) is 0 Å². The van der Waals surface area contributed by atoms with Crippen molar-refractivity contribution in [3.8, 4) is 0 Å². The Morgan fingerprint density at radius 2 is 1.26 bits per heavy atom. The first-order valence-electron chi connectivity index (χ1n) is 13.2. The van der Waals surface area contributed by atoms with Gasteiger partial charge in [0.25, 0.3) is 5.91 Å². The fourth-order valence-electron chi connectivity index (χ4n) is 5.95. The van der Waals surface area contributed by atoms with Crippen LogP contribution in [0.3, 0.4) is 0 Å². The maximum Gasteiger partial charge on any atom is 0.274 e. The molecule has 0 saturated heterocycles. The number of nitrogens with zero attached hydrogens (tertiary/aromatic N) is 3. The second-order valence-corrected chi connectivity index (χ2v) is 10.3. The number of carbonyl (C=O) groups is 3. The Balaban J connectivity index is 1.42. The monoisotopic (exact) mass is 474 g/mol. The second kappa shape index (κ2) is 10.7. The van der Waals surface area contributed by atoms with Crippen LogP contribution in [0.4, 0.5) is 5.82 Å². The number of anilines is 1. The highest BCUT2D eigenvalue weighted by Crippen LogP contribution is 2.32. The number of aromatic nitrogens is 2. The van der Waals surface area contributed by atoms with Crippen molar-refractivity contribution in [3.05, 3.63) is 53.5 Å². The second-order valence-electron chi connectivity index (χ2n) is 10.3. The van der Waals surface area contributed by atoms with E-state index in [4.69, 9.17) is 0 Å². The fourth-order valence-corrected chi connectivity index (χ4v) is 5.95. The van der Waals surface area contributed by atoms with Crippen molar-refractivity contribution in [1.82, 2.24) is 15.3 Å². The number of imide groups is 1. The van der Waals surface area contributed by atoms with Gasteiger partial charge in [0, 0.05) is 30.3 Å². The molecular weight excluding hydrogens is 440 g/mol. The molecule has 3 aliphatic carbocycles. The zero-order valence-corrected chi connectivity index (χ0v) is 20.2. The van der Waals surface area contributed by atoms with E-state index in [9.17, 15) is 14.4 Å². The Morgan fingerprint density at radius 3 is 1.80 bits per heavy atom. The maximum absolute atomic E-state index is 13.8. The SMILES string of the molecule is O=C(NC1Cc2ccccc2C1)c1nccnc1N(C(=O)C1CCCCC1)C(=O)C1CCCCC1. The summed E-state index contributed by atoms with van der Waals surface area (Å²) in [6.45, 7) is 0. The van der Waals surface area contributed by atoms with Crippen LogP contribution in [-0.4, -0.2) is 33.7 Å². The van der Waals surface area contributed by atoms with E-state index in [1.807, 2.05) is 12.1 Å². The molecule has 3 amide bonds. The number of benzene rings is 1. The molecular formula is C28H34N4O3. The molecule has 2 saturated carbocycles. The summed E-state index contributed by atoms with van der Waals surface area (Å²) >= 11 is 0. The largest absolute Gasteiger partial charge is 0.347 e. The lowest BCUT2D eigenvalue weighted by Crippen LogP contribution is -2.47. The van der Waals surface area contributed by atoms with Gasteiger partial charge in [-0.05, 0) is 49.7 Å². The summed E-state index contributed by atoms with van der Waals surface area (Å²) < 4.78 is 0. The topological polar surface area (TPSA) is 92.3 Å². The van der Waals surface area contributed by atoms with Crippen LogP contribution in [0.2, 0.25) is 0 Å². The summed E-state index contributed by atoms with van der Waals surface area (Å²) in [4.78, 5) is 50.9. The van der Waals surface area contributed by atoms with Gasteiger partial charge in [-0.1, -0.05) is 62.8 Å². The zero-order valence-electron chi connectivity index (χ0n) is 20.2. The van der Waals surface area contributed by atoms with Crippen LogP contribution < -0.4 is 10.2 Å². The molecule has 0 radical (unpaired) electrons. The Hall–Kier alpha value is -3.09. The van der Waals surface area contributed by atoms with Gasteiger partial charge in [-0.15, -0.1) is 0 Å². The molecule has 7 heteroatoms. The lowest BCUT2D eigenvalue weighted by atomic mass is 9.86. The van der Waals surface area contributed by atoms with Crippen molar-refractivity contribution in [2.45, 2.75) is 83.1 Å². The average molecular weight is 475 g/mol. The predicted molar refractivity (Wildman–Crippen MR) is 133 cm³/mol. The van der Waals surface area contributed by atoms with E-state index in [2.05, 4.69) is 27.4 Å². The Morgan fingerprint density at radius 1 is 0.743 bits per heavy atom. The van der Waals surface area contributed by atoms with E-state index >= 15 is 0 Å². The molecule has 35 heavy (non-hydrogen) atoms. The molecule has 1 aromatic carbocycles. The standard InChI is InChI=1S/C28H34N4O3/c33-26(31-23-17-21-13-7-8-14-22(21)18-23)24-25(30-16-15-29-24)32(27(34)19-9-3-1-4-10-19)28(35)20-11-5-2-6-12-20/h7-8,13-16,19-20,23H,1-6,9-12,17-18H2,(H,31,33). The van der Waals surface area contributed by atoms with Gasteiger partial charge in [-0.3, -0.25) is 14.4 Å².